The second kappa shape index (κ2) is 85.8. The minimum atomic E-state index is -4.95. The summed E-state index contributed by atoms with van der Waals surface area (Å²) in [5.74, 6) is -1.61. The van der Waals surface area contributed by atoms with Gasteiger partial charge >= 0.3 is 33.6 Å². The second-order valence-corrected chi connectivity index (χ2v) is 31.5. The standard InChI is InChI=1S/C95H156O16P2/c1-4-7-10-13-16-19-22-25-28-31-34-37-40-42-43-44-45-47-50-51-54-57-60-63-66-69-72-75-78-81-93(98)105-84-90(96)85-107-112(101,102)108-86-91(97)87-109-113(103,104)110-89-92(111-95(100)83-80-77-74-71-68-65-62-59-56-53-48-39-36-33-30-27-24-21-18-15-12-9-6-3)88-106-94(99)82-79-76-73-70-67-64-61-58-55-52-49-46-41-38-35-32-29-26-23-20-17-14-11-8-5-2/h7-12,16-21,25-30,34-39,42-43,46,49,53,55-56,58,90-92,96-97H,4-6,13-15,22-24,31-33,40-41,44-45,47-48,50-52,54,57,59-89H2,1-3H3,(H,101,102)(H,103,104)/b10-7-,11-8-,12-9-,19-16-,20-17-,21-18-,28-25-,29-26-,30-27-,37-34-,38-35-,39-36-,43-42-,49-46-,56-53-,58-55-. The van der Waals surface area contributed by atoms with Crippen LogP contribution in [0.15, 0.2) is 194 Å². The van der Waals surface area contributed by atoms with Crippen LogP contribution in [0.2, 0.25) is 0 Å². The number of phosphoric ester groups is 2. The highest BCUT2D eigenvalue weighted by atomic mass is 31.2. The van der Waals surface area contributed by atoms with Crippen LogP contribution in [0.4, 0.5) is 0 Å². The lowest BCUT2D eigenvalue weighted by Crippen LogP contribution is -2.30. The van der Waals surface area contributed by atoms with Crippen molar-refractivity contribution in [2.75, 3.05) is 39.6 Å². The fourth-order valence-electron chi connectivity index (χ4n) is 11.3. The number of carbonyl (C=O) groups excluding carboxylic acids is 3. The van der Waals surface area contributed by atoms with E-state index in [0.717, 1.165) is 212 Å². The Hall–Kier alpha value is -5.61. The topological polar surface area (TPSA) is 231 Å². The molecule has 642 valence electrons. The van der Waals surface area contributed by atoms with Crippen molar-refractivity contribution in [1.82, 2.24) is 0 Å². The van der Waals surface area contributed by atoms with Crippen molar-refractivity contribution in [3.63, 3.8) is 0 Å². The fraction of sp³-hybridized carbons (Fsp3) is 0.632. The zero-order valence-corrected chi connectivity index (χ0v) is 72.3. The molecule has 0 aliphatic rings. The molecule has 113 heavy (non-hydrogen) atoms. The Morgan fingerprint density at radius 2 is 0.442 bits per heavy atom. The number of aliphatic hydroxyl groups is 2. The molecule has 18 heteroatoms. The molecule has 0 aliphatic heterocycles. The molecule has 0 spiro atoms. The lowest BCUT2D eigenvalue weighted by atomic mass is 10.0. The quantitative estimate of drug-likeness (QED) is 0.0146. The highest BCUT2D eigenvalue weighted by molar-refractivity contribution is 7.47. The summed E-state index contributed by atoms with van der Waals surface area (Å²) in [5.41, 5.74) is 0. The number of allylic oxidation sites excluding steroid dienone is 32. The summed E-state index contributed by atoms with van der Waals surface area (Å²) in [6, 6.07) is 0. The smallest absolute Gasteiger partial charge is 0.463 e. The summed E-state index contributed by atoms with van der Waals surface area (Å²) in [6.07, 6.45) is 113. The van der Waals surface area contributed by atoms with Gasteiger partial charge in [-0.1, -0.05) is 344 Å². The maximum atomic E-state index is 13.1. The van der Waals surface area contributed by atoms with Crippen molar-refractivity contribution < 1.29 is 75.8 Å². The van der Waals surface area contributed by atoms with Gasteiger partial charge in [0.1, 0.15) is 25.4 Å². The molecule has 0 aliphatic carbocycles. The normalized spacial score (nSPS) is 14.8. The van der Waals surface area contributed by atoms with Crippen LogP contribution in [-0.2, 0) is 55.8 Å². The number of aliphatic hydroxyl groups excluding tert-OH is 2. The van der Waals surface area contributed by atoms with Gasteiger partial charge in [-0.05, 0) is 161 Å². The number of rotatable bonds is 81. The van der Waals surface area contributed by atoms with E-state index >= 15 is 0 Å². The molecule has 0 rings (SSSR count). The van der Waals surface area contributed by atoms with Crippen molar-refractivity contribution in [3.8, 4) is 0 Å². The summed E-state index contributed by atoms with van der Waals surface area (Å²) < 4.78 is 61.4. The third kappa shape index (κ3) is 87.1. The first-order valence-electron chi connectivity index (χ1n) is 43.7. The molecule has 0 aromatic heterocycles. The molecule has 0 saturated carbocycles. The van der Waals surface area contributed by atoms with E-state index in [-0.39, 0.29) is 19.3 Å². The Bertz CT molecular complexity index is 2830. The predicted octanol–water partition coefficient (Wildman–Crippen LogP) is 26.7. The van der Waals surface area contributed by atoms with E-state index < -0.39 is 91.5 Å². The highest BCUT2D eigenvalue weighted by Crippen LogP contribution is 2.45. The van der Waals surface area contributed by atoms with Crippen molar-refractivity contribution in [1.29, 1.82) is 0 Å². The third-order valence-corrected chi connectivity index (χ3v) is 19.7. The van der Waals surface area contributed by atoms with Crippen molar-refractivity contribution in [2.24, 2.45) is 0 Å². The molecule has 5 atom stereocenters. The minimum Gasteiger partial charge on any atom is -0.463 e. The van der Waals surface area contributed by atoms with Gasteiger partial charge in [-0.25, -0.2) is 9.13 Å². The van der Waals surface area contributed by atoms with Gasteiger partial charge in [-0.2, -0.15) is 0 Å². The number of hydrogen-bond acceptors (Lipinski definition) is 14. The minimum absolute atomic E-state index is 0.0804. The Morgan fingerprint density at radius 1 is 0.248 bits per heavy atom. The lowest BCUT2D eigenvalue weighted by molar-refractivity contribution is -0.161. The average Bonchev–Trinajstić information content (AvgIpc) is 0.901. The molecule has 0 radical (unpaired) electrons. The molecule has 0 fully saturated rings. The average molecular weight is 1620 g/mol. The van der Waals surface area contributed by atoms with Gasteiger partial charge < -0.3 is 34.2 Å². The van der Waals surface area contributed by atoms with Gasteiger partial charge in [0.25, 0.3) is 0 Å². The summed E-state index contributed by atoms with van der Waals surface area (Å²) in [7, 11) is -9.82. The number of phosphoric acid groups is 2. The SMILES string of the molecule is CC/C=C\C/C=C\C/C=C\C/C=C\C/C=C\C/C=C\CCCCCCCCC(=O)OCC(COP(=O)(O)OCC(O)COP(=O)(O)OCC(O)COC(=O)CCCCCCCCCCCCCCC/C=C\C/C=C\C/C=C\C/C=C\C/C=C\CC)OC(=O)CCCCCCCCC/C=C\C/C=C\C/C=C\C/C=C\C/C=C\CC. The highest BCUT2D eigenvalue weighted by Gasteiger charge is 2.29. The Labute approximate surface area is 687 Å². The number of carbonyl (C=O) groups is 3. The van der Waals surface area contributed by atoms with Crippen LogP contribution < -0.4 is 0 Å². The van der Waals surface area contributed by atoms with Gasteiger partial charge in [0, 0.05) is 19.3 Å². The maximum Gasteiger partial charge on any atom is 0.472 e. The van der Waals surface area contributed by atoms with Crippen molar-refractivity contribution >= 4 is 33.6 Å². The van der Waals surface area contributed by atoms with Gasteiger partial charge in [0.15, 0.2) is 6.10 Å². The molecule has 16 nitrogen and oxygen atoms in total. The van der Waals surface area contributed by atoms with Crippen LogP contribution >= 0.6 is 15.6 Å². The van der Waals surface area contributed by atoms with E-state index in [2.05, 4.69) is 215 Å². The van der Waals surface area contributed by atoms with Crippen LogP contribution in [0.3, 0.4) is 0 Å². The fourth-order valence-corrected chi connectivity index (χ4v) is 12.9. The first kappa shape index (κ1) is 107. The molecule has 0 amide bonds. The Kier molecular flexibility index (Phi) is 81.5. The summed E-state index contributed by atoms with van der Waals surface area (Å²) in [6.45, 7) is 2.32. The number of ether oxygens (including phenoxy) is 3. The zero-order chi connectivity index (χ0) is 82.2. The number of esters is 3. The van der Waals surface area contributed by atoms with Crippen LogP contribution in [0.5, 0.6) is 0 Å². The first-order valence-corrected chi connectivity index (χ1v) is 46.7. The largest absolute Gasteiger partial charge is 0.472 e. The van der Waals surface area contributed by atoms with Crippen molar-refractivity contribution in [3.05, 3.63) is 194 Å². The van der Waals surface area contributed by atoms with Crippen molar-refractivity contribution in [2.45, 2.75) is 347 Å². The lowest BCUT2D eigenvalue weighted by Gasteiger charge is -2.21. The first-order chi connectivity index (χ1) is 55.2. The van der Waals surface area contributed by atoms with E-state index in [1.807, 2.05) is 0 Å². The second-order valence-electron chi connectivity index (χ2n) is 28.5. The zero-order valence-electron chi connectivity index (χ0n) is 70.5. The van der Waals surface area contributed by atoms with E-state index in [1.165, 1.54) is 57.8 Å². The Morgan fingerprint density at radius 3 is 0.699 bits per heavy atom. The maximum absolute atomic E-state index is 13.1. The number of hydrogen-bond donors (Lipinski definition) is 4. The summed E-state index contributed by atoms with van der Waals surface area (Å²) >= 11 is 0. The molecule has 4 N–H and O–H groups in total. The van der Waals surface area contributed by atoms with Gasteiger partial charge in [-0.3, -0.25) is 32.5 Å². The van der Waals surface area contributed by atoms with Crippen LogP contribution in [0.1, 0.15) is 329 Å². The monoisotopic (exact) mass is 1620 g/mol. The summed E-state index contributed by atoms with van der Waals surface area (Å²) in [5, 5.41) is 20.7. The molecule has 5 unspecified atom stereocenters. The third-order valence-electron chi connectivity index (χ3n) is 17.8. The molecule has 0 aromatic carbocycles. The molecule has 0 bridgehead atoms. The van der Waals surface area contributed by atoms with Crippen LogP contribution in [0.25, 0.3) is 0 Å². The number of unbranched alkanes of at least 4 members (excludes halogenated alkanes) is 26. The van der Waals surface area contributed by atoms with Gasteiger partial charge in [0.2, 0.25) is 0 Å². The molecule has 0 saturated heterocycles. The van der Waals surface area contributed by atoms with Crippen LogP contribution in [0, 0.1) is 0 Å². The van der Waals surface area contributed by atoms with Crippen LogP contribution in [-0.4, -0.2) is 95.9 Å². The van der Waals surface area contributed by atoms with E-state index in [1.54, 1.807) is 0 Å². The summed E-state index contributed by atoms with van der Waals surface area (Å²) in [4.78, 5) is 58.9. The Balaban J connectivity index is 4.68. The van der Waals surface area contributed by atoms with Gasteiger partial charge in [0.05, 0.1) is 26.4 Å². The molecule has 0 aromatic rings. The molecule has 0 heterocycles. The van der Waals surface area contributed by atoms with E-state index in [0.29, 0.717) is 19.3 Å². The van der Waals surface area contributed by atoms with E-state index in [9.17, 15) is 43.5 Å². The predicted molar refractivity (Wildman–Crippen MR) is 472 cm³/mol. The molecular weight excluding hydrogens is 1460 g/mol. The molecular formula is C95H156O16P2. The van der Waals surface area contributed by atoms with Gasteiger partial charge in [-0.15, -0.1) is 0 Å². The van der Waals surface area contributed by atoms with E-state index in [4.69, 9.17) is 32.3 Å².